The van der Waals surface area contributed by atoms with Gasteiger partial charge in [0.15, 0.2) is 12.4 Å². The summed E-state index contributed by atoms with van der Waals surface area (Å²) in [6.07, 6.45) is 5.32. The molecule has 0 unspecified atom stereocenters. The molecule has 308 valence electrons. The standard InChI is InChI=1S/C38H52N4O14/c1-5-9-10-13-25(28(8-4)42(22-43)56-38(53)23(11-6-2)12-7-3)34(48)39-21-40-36(50)30-17-16-29(55-30)24-14-15-26(31(18-24)54-20-33(46)47)35(49)41-27(37(51)52)19-32(44)45/h14-18,22-23,25,27-28H,5-13,19-21H2,1-4H3,(H,39,48)(H,40,50)(H,41,49)(H,44,45)(H,46,47)(H,51,52)/t25-,27+,28-/m1/s1. The third-order valence-corrected chi connectivity index (χ3v) is 8.76. The molecule has 0 saturated heterocycles. The molecule has 1 aromatic heterocycles. The van der Waals surface area contributed by atoms with Gasteiger partial charge in [0, 0.05) is 5.56 Å². The van der Waals surface area contributed by atoms with Gasteiger partial charge in [0.05, 0.1) is 36.5 Å². The van der Waals surface area contributed by atoms with Gasteiger partial charge in [-0.2, -0.15) is 5.06 Å². The van der Waals surface area contributed by atoms with Gasteiger partial charge in [0.1, 0.15) is 17.6 Å². The van der Waals surface area contributed by atoms with Gasteiger partial charge in [0.25, 0.3) is 11.8 Å². The number of nitrogens with zero attached hydrogens (tertiary/aromatic N) is 1. The lowest BCUT2D eigenvalue weighted by molar-refractivity contribution is -0.208. The van der Waals surface area contributed by atoms with E-state index < -0.39 is 72.6 Å². The largest absolute Gasteiger partial charge is 0.481 e. The number of amides is 4. The number of unbranched alkanes of at least 4 members (excludes halogenated alkanes) is 2. The molecule has 18 nitrogen and oxygen atoms in total. The lowest BCUT2D eigenvalue weighted by atomic mass is 9.90. The minimum absolute atomic E-state index is 0.0889. The zero-order valence-corrected chi connectivity index (χ0v) is 32.0. The van der Waals surface area contributed by atoms with Crippen molar-refractivity contribution in [2.24, 2.45) is 11.8 Å². The summed E-state index contributed by atoms with van der Waals surface area (Å²) in [6, 6.07) is 3.96. The Morgan fingerprint density at radius 2 is 1.54 bits per heavy atom. The Kier molecular flexibility index (Phi) is 19.6. The van der Waals surface area contributed by atoms with Crippen LogP contribution in [0.1, 0.15) is 113 Å². The minimum atomic E-state index is -1.78. The maximum Gasteiger partial charge on any atom is 0.341 e. The number of hydroxylamine groups is 2. The van der Waals surface area contributed by atoms with Gasteiger partial charge >= 0.3 is 23.9 Å². The molecule has 4 amide bonds. The summed E-state index contributed by atoms with van der Waals surface area (Å²) in [5.41, 5.74) is -0.0666. The second kappa shape index (κ2) is 23.8. The van der Waals surface area contributed by atoms with Crippen molar-refractivity contribution in [3.05, 3.63) is 41.7 Å². The van der Waals surface area contributed by atoms with Gasteiger partial charge in [-0.05, 0) is 49.9 Å². The molecular formula is C38H52N4O14. The molecule has 56 heavy (non-hydrogen) atoms. The number of furan rings is 1. The molecular weight excluding hydrogens is 736 g/mol. The number of aliphatic carboxylic acids is 3. The number of carbonyl (C=O) groups excluding carboxylic acids is 5. The van der Waals surface area contributed by atoms with Crippen molar-refractivity contribution < 1.29 is 67.7 Å². The smallest absolute Gasteiger partial charge is 0.341 e. The second-order valence-corrected chi connectivity index (χ2v) is 13.0. The van der Waals surface area contributed by atoms with Crippen LogP contribution in [0.25, 0.3) is 11.3 Å². The number of hydrogen-bond acceptors (Lipinski definition) is 11. The Balaban J connectivity index is 2.21. The molecule has 0 bridgehead atoms. The number of carbonyl (C=O) groups is 8. The van der Waals surface area contributed by atoms with E-state index in [0.29, 0.717) is 38.5 Å². The first-order valence-corrected chi connectivity index (χ1v) is 18.6. The van der Waals surface area contributed by atoms with Crippen molar-refractivity contribution in [2.45, 2.75) is 104 Å². The molecule has 2 rings (SSSR count). The van der Waals surface area contributed by atoms with E-state index in [4.69, 9.17) is 24.2 Å². The summed E-state index contributed by atoms with van der Waals surface area (Å²) in [6.45, 7) is 6.50. The predicted octanol–water partition coefficient (Wildman–Crippen LogP) is 3.98. The van der Waals surface area contributed by atoms with Gasteiger partial charge in [-0.25, -0.2) is 14.4 Å². The Hall–Kier alpha value is -5.94. The zero-order chi connectivity index (χ0) is 41.8. The zero-order valence-electron chi connectivity index (χ0n) is 32.0. The third kappa shape index (κ3) is 14.4. The molecule has 3 atom stereocenters. The summed E-state index contributed by atoms with van der Waals surface area (Å²) in [5.74, 6) is -8.74. The Morgan fingerprint density at radius 3 is 2.11 bits per heavy atom. The van der Waals surface area contributed by atoms with Crippen molar-refractivity contribution in [3.8, 4) is 17.1 Å². The van der Waals surface area contributed by atoms with Crippen molar-refractivity contribution >= 4 is 48.0 Å². The Morgan fingerprint density at radius 1 is 0.839 bits per heavy atom. The van der Waals surface area contributed by atoms with Crippen LogP contribution in [0, 0.1) is 11.8 Å². The predicted molar refractivity (Wildman–Crippen MR) is 198 cm³/mol. The molecule has 2 aromatic rings. The maximum absolute atomic E-state index is 13.5. The highest BCUT2D eigenvalue weighted by Crippen LogP contribution is 2.30. The first-order valence-electron chi connectivity index (χ1n) is 18.6. The van der Waals surface area contributed by atoms with Crippen molar-refractivity contribution in [3.63, 3.8) is 0 Å². The van der Waals surface area contributed by atoms with E-state index in [1.54, 1.807) is 6.92 Å². The van der Waals surface area contributed by atoms with Crippen LogP contribution in [-0.4, -0.2) is 93.8 Å². The quantitative estimate of drug-likeness (QED) is 0.0324. The van der Waals surface area contributed by atoms with Crippen molar-refractivity contribution in [1.29, 1.82) is 0 Å². The summed E-state index contributed by atoms with van der Waals surface area (Å²) >= 11 is 0. The molecule has 0 saturated carbocycles. The first-order chi connectivity index (χ1) is 26.7. The molecule has 0 fully saturated rings. The molecule has 6 N–H and O–H groups in total. The van der Waals surface area contributed by atoms with Crippen molar-refractivity contribution in [1.82, 2.24) is 21.0 Å². The highest BCUT2D eigenvalue weighted by Gasteiger charge is 2.34. The third-order valence-electron chi connectivity index (χ3n) is 8.76. The normalized spacial score (nSPS) is 12.4. The van der Waals surface area contributed by atoms with E-state index in [-0.39, 0.29) is 41.0 Å². The molecule has 0 aliphatic rings. The number of hydrogen-bond donors (Lipinski definition) is 6. The number of carboxylic acid groups (broad SMARTS) is 3. The first kappa shape index (κ1) is 46.2. The van der Waals surface area contributed by atoms with E-state index >= 15 is 0 Å². The van der Waals surface area contributed by atoms with E-state index in [9.17, 15) is 43.5 Å². The summed E-state index contributed by atoms with van der Waals surface area (Å²) in [4.78, 5) is 104. The van der Waals surface area contributed by atoms with E-state index in [1.165, 1.54) is 30.3 Å². The van der Waals surface area contributed by atoms with Gasteiger partial charge < -0.3 is 45.3 Å². The Labute approximate surface area is 324 Å². The minimum Gasteiger partial charge on any atom is -0.481 e. The Bertz CT molecular complexity index is 1670. The molecule has 18 heteroatoms. The van der Waals surface area contributed by atoms with Crippen LogP contribution in [0.15, 0.2) is 34.7 Å². The topological polar surface area (TPSA) is 268 Å². The molecule has 1 heterocycles. The number of ether oxygens (including phenoxy) is 1. The van der Waals surface area contributed by atoms with Crippen LogP contribution in [-0.2, 0) is 33.6 Å². The van der Waals surface area contributed by atoms with E-state index in [1.807, 2.05) is 20.8 Å². The summed E-state index contributed by atoms with van der Waals surface area (Å²) < 4.78 is 10.9. The molecule has 0 spiro atoms. The van der Waals surface area contributed by atoms with Crippen LogP contribution in [0.5, 0.6) is 5.75 Å². The fourth-order valence-corrected chi connectivity index (χ4v) is 5.95. The van der Waals surface area contributed by atoms with Crippen molar-refractivity contribution in [2.75, 3.05) is 13.3 Å². The number of rotatable bonds is 27. The van der Waals surface area contributed by atoms with E-state index in [0.717, 1.165) is 30.7 Å². The van der Waals surface area contributed by atoms with Crippen LogP contribution in [0.3, 0.4) is 0 Å². The van der Waals surface area contributed by atoms with Crippen LogP contribution < -0.4 is 20.7 Å². The molecule has 0 radical (unpaired) electrons. The SMILES string of the molecule is CCCCC[C@@H](C(=O)NCNC(=O)c1ccc(-c2ccc(C(=O)N[C@@H](CC(=O)O)C(=O)O)c(OCC(=O)O)c2)o1)[C@@H](CC)N(C=O)OC(=O)C(CCC)CCC. The number of nitrogens with one attached hydrogen (secondary N) is 3. The average molecular weight is 789 g/mol. The van der Waals surface area contributed by atoms with Gasteiger partial charge in [-0.15, -0.1) is 0 Å². The molecule has 0 aliphatic heterocycles. The number of carboxylic acids is 3. The monoisotopic (exact) mass is 788 g/mol. The average Bonchev–Trinajstić information content (AvgIpc) is 3.66. The maximum atomic E-state index is 13.5. The highest BCUT2D eigenvalue weighted by molar-refractivity contribution is 6.00. The highest BCUT2D eigenvalue weighted by atomic mass is 16.7. The molecule has 0 aliphatic carbocycles. The fourth-order valence-electron chi connectivity index (χ4n) is 5.95. The molecule has 1 aromatic carbocycles. The summed E-state index contributed by atoms with van der Waals surface area (Å²) in [5, 5.41) is 35.6. The van der Waals surface area contributed by atoms with E-state index in [2.05, 4.69) is 16.0 Å². The number of benzene rings is 1. The van der Waals surface area contributed by atoms with Crippen LogP contribution in [0.2, 0.25) is 0 Å². The van der Waals surface area contributed by atoms with Crippen LogP contribution >= 0.6 is 0 Å². The second-order valence-electron chi connectivity index (χ2n) is 13.0. The lowest BCUT2D eigenvalue weighted by Gasteiger charge is -2.32. The fraction of sp³-hybridized carbons (Fsp3) is 0.526. The van der Waals surface area contributed by atoms with Gasteiger partial charge in [0.2, 0.25) is 12.3 Å². The summed E-state index contributed by atoms with van der Waals surface area (Å²) in [7, 11) is 0. The lowest BCUT2D eigenvalue weighted by Crippen LogP contribution is -2.49. The van der Waals surface area contributed by atoms with Gasteiger partial charge in [-0.1, -0.05) is 65.9 Å². The van der Waals surface area contributed by atoms with Crippen LogP contribution in [0.4, 0.5) is 0 Å². The van der Waals surface area contributed by atoms with Gasteiger partial charge in [-0.3, -0.25) is 24.0 Å².